The molecule has 5 amide bonds. The van der Waals surface area contributed by atoms with Crippen LogP contribution in [-0.2, 0) is 65.5 Å². The highest BCUT2D eigenvalue weighted by molar-refractivity contribution is 8.00. The number of nitrogen functional groups attached to an aromatic ring is 2. The summed E-state index contributed by atoms with van der Waals surface area (Å²) in [6.45, 7) is -2.62. The summed E-state index contributed by atoms with van der Waals surface area (Å²) in [5.74, 6) is -1.28. The number of primary amides is 1. The summed E-state index contributed by atoms with van der Waals surface area (Å²) in [4.78, 5) is 95.4. The van der Waals surface area contributed by atoms with Crippen LogP contribution in [0.1, 0.15) is 32.1 Å². The lowest BCUT2D eigenvalue weighted by Gasteiger charge is -2.47. The van der Waals surface area contributed by atoms with Crippen molar-refractivity contribution >= 4 is 75.9 Å². The molecule has 26 N–H and O–H groups in total. The fourth-order valence-electron chi connectivity index (χ4n) is 10.6. The maximum absolute atomic E-state index is 13.8. The van der Waals surface area contributed by atoms with Crippen molar-refractivity contribution in [2.24, 2.45) is 40.1 Å². The number of ether oxygens (including phenoxy) is 6. The number of aliphatic hydroxyl groups is 6. The predicted molar refractivity (Wildman–Crippen MR) is 325 cm³/mol. The molecule has 1 aliphatic carbocycles. The Kier molecular flexibility index (Phi) is 27.6. The maximum Gasteiger partial charge on any atom is 0.349 e. The standard InChI is InChI=1S/C52H87N19O18S2/c53-14-26-39(78)41(80)35(59)49(84-26)87-44-25(56)13-24(55)38(77)46(44)89-51-43(82)45(88-50-36(60)42(81)40(79)27(15-54)85-50)28(86-51)20-90-11-3-1-2-4-12-91-21-32(74)63-7-10-69(34(76)19-71-23-66-37-47(61)64-22-65-48(37)71)17-31(73)62-6-9-68(16-30(58)72)33(75)18-70-8-5-29(57)67-52(70)83/h5,8,22-28,35-36,38-46,49-51,77-82H,1-4,6-7,9-21,53-56,59-60H2,(H2,58,72)(H,62,73)(H,63,74)(H2,57,67,83)(H2,61,64,65)/t24-,25+,26-,27+,28-,35-,36-,38+,39-,40-,41-,42-,43-,44-,45-,46-,49-,50-,51+/m1/s1. The van der Waals surface area contributed by atoms with E-state index in [4.69, 9.17) is 80.0 Å². The third-order valence-corrected chi connectivity index (χ3v) is 17.9. The van der Waals surface area contributed by atoms with Crippen LogP contribution in [0.25, 0.3) is 11.2 Å². The second-order valence-corrected chi connectivity index (χ2v) is 24.7. The molecule has 37 nitrogen and oxygen atoms in total. The zero-order chi connectivity index (χ0) is 66.2. The van der Waals surface area contributed by atoms with Crippen molar-refractivity contribution in [3.05, 3.63) is 35.4 Å². The van der Waals surface area contributed by atoms with Crippen LogP contribution in [0.4, 0.5) is 11.6 Å². The van der Waals surface area contributed by atoms with Gasteiger partial charge in [-0.1, -0.05) is 12.8 Å². The number of aromatic nitrogens is 6. The van der Waals surface area contributed by atoms with E-state index in [-0.39, 0.29) is 92.4 Å². The van der Waals surface area contributed by atoms with Gasteiger partial charge in [0.2, 0.25) is 29.5 Å². The van der Waals surface area contributed by atoms with Gasteiger partial charge >= 0.3 is 5.69 Å². The molecule has 0 unspecified atom stereocenters. The van der Waals surface area contributed by atoms with Crippen molar-refractivity contribution in [3.8, 4) is 0 Å². The van der Waals surface area contributed by atoms with E-state index in [1.807, 2.05) is 0 Å². The quantitative estimate of drug-likeness (QED) is 0.0252. The number of thioether (sulfide) groups is 2. The molecule has 3 saturated heterocycles. The van der Waals surface area contributed by atoms with E-state index in [2.05, 4.69) is 30.6 Å². The molecule has 0 spiro atoms. The van der Waals surface area contributed by atoms with Gasteiger partial charge in [0.05, 0.1) is 49.5 Å². The largest absolute Gasteiger partial charge is 0.389 e. The minimum atomic E-state index is -1.58. The molecule has 3 aliphatic heterocycles. The topological polar surface area (TPSA) is 605 Å². The lowest BCUT2D eigenvalue weighted by atomic mass is 9.84. The number of imidazole rings is 1. The Morgan fingerprint density at radius 1 is 0.648 bits per heavy atom. The fourth-order valence-corrected chi connectivity index (χ4v) is 12.6. The Hall–Kier alpha value is -5.64. The summed E-state index contributed by atoms with van der Waals surface area (Å²) in [5, 5.41) is 71.1. The normalized spacial score (nSPS) is 30.9. The molecule has 6 heterocycles. The smallest absolute Gasteiger partial charge is 0.349 e. The molecule has 91 heavy (non-hydrogen) atoms. The number of carbonyl (C=O) groups is 5. The number of nitrogens with two attached hydrogens (primary N) is 9. The van der Waals surface area contributed by atoms with Crippen molar-refractivity contribution in [3.63, 3.8) is 0 Å². The number of aliphatic hydroxyl groups excluding tert-OH is 6. The molecule has 4 aliphatic rings. The Morgan fingerprint density at radius 2 is 1.21 bits per heavy atom. The van der Waals surface area contributed by atoms with Crippen LogP contribution in [0.15, 0.2) is 29.7 Å². The Labute approximate surface area is 530 Å². The third-order valence-electron chi connectivity index (χ3n) is 15.8. The fraction of sp³-hybridized carbons (Fsp3) is 0.731. The molecule has 19 atom stereocenters. The van der Waals surface area contributed by atoms with Crippen LogP contribution in [0, 0.1) is 0 Å². The highest BCUT2D eigenvalue weighted by Gasteiger charge is 2.54. The number of hydrogen-bond acceptors (Lipinski definition) is 32. The van der Waals surface area contributed by atoms with Crippen LogP contribution >= 0.6 is 23.5 Å². The molecular weight excluding hydrogens is 1240 g/mol. The second-order valence-electron chi connectivity index (χ2n) is 22.5. The summed E-state index contributed by atoms with van der Waals surface area (Å²) in [6, 6.07) is -3.03. The van der Waals surface area contributed by atoms with E-state index in [0.29, 0.717) is 11.5 Å². The molecule has 3 aromatic heterocycles. The number of hydrogen-bond donors (Lipinski definition) is 17. The van der Waals surface area contributed by atoms with Crippen molar-refractivity contribution in [1.82, 2.24) is 49.5 Å². The zero-order valence-corrected chi connectivity index (χ0v) is 51.5. The van der Waals surface area contributed by atoms with E-state index in [1.54, 1.807) is 0 Å². The maximum atomic E-state index is 13.8. The summed E-state index contributed by atoms with van der Waals surface area (Å²) >= 11 is 2.90. The molecule has 7 rings (SSSR count). The second kappa shape index (κ2) is 34.5. The van der Waals surface area contributed by atoms with E-state index in [0.717, 1.165) is 35.2 Å². The zero-order valence-electron chi connectivity index (χ0n) is 49.9. The first kappa shape index (κ1) is 72.8. The van der Waals surface area contributed by atoms with Gasteiger partial charge in [0.25, 0.3) is 0 Å². The number of fused-ring (bicyclic) bond motifs is 1. The van der Waals surface area contributed by atoms with Crippen molar-refractivity contribution in [2.45, 2.75) is 161 Å². The number of carbonyl (C=O) groups excluding carboxylic acids is 5. The van der Waals surface area contributed by atoms with Gasteiger partial charge in [-0.2, -0.15) is 28.5 Å². The van der Waals surface area contributed by atoms with Gasteiger partial charge in [-0.15, -0.1) is 0 Å². The van der Waals surface area contributed by atoms with Gasteiger partial charge < -0.3 is 136 Å². The molecule has 0 radical (unpaired) electrons. The highest BCUT2D eigenvalue weighted by Crippen LogP contribution is 2.36. The van der Waals surface area contributed by atoms with E-state index < -0.39 is 165 Å². The molecule has 0 aromatic carbocycles. The average molecular weight is 1330 g/mol. The van der Waals surface area contributed by atoms with Gasteiger partial charge in [0.1, 0.15) is 91.8 Å². The van der Waals surface area contributed by atoms with Crippen molar-refractivity contribution < 1.29 is 83.0 Å². The number of amides is 5. The van der Waals surface area contributed by atoms with E-state index >= 15 is 0 Å². The first-order chi connectivity index (χ1) is 43.4. The van der Waals surface area contributed by atoms with E-state index in [9.17, 15) is 59.4 Å². The van der Waals surface area contributed by atoms with Gasteiger partial charge in [-0.25, -0.2) is 19.7 Å². The van der Waals surface area contributed by atoms with Crippen LogP contribution in [0.5, 0.6) is 0 Å². The molecule has 39 heteroatoms. The van der Waals surface area contributed by atoms with Gasteiger partial charge in [0.15, 0.2) is 30.3 Å². The van der Waals surface area contributed by atoms with E-state index in [1.165, 1.54) is 57.9 Å². The number of nitrogens with zero attached hydrogens (tertiary/aromatic N) is 8. The van der Waals surface area contributed by atoms with Crippen LogP contribution < -0.4 is 67.9 Å². The monoisotopic (exact) mass is 1330 g/mol. The summed E-state index contributed by atoms with van der Waals surface area (Å²) in [5.41, 5.74) is 53.5. The first-order valence-electron chi connectivity index (χ1n) is 29.6. The summed E-state index contributed by atoms with van der Waals surface area (Å²) in [6.07, 6.45) is -12.8. The lowest BCUT2D eigenvalue weighted by Crippen LogP contribution is -2.68. The Morgan fingerprint density at radius 3 is 1.81 bits per heavy atom. The van der Waals surface area contributed by atoms with Gasteiger partial charge in [-0.05, 0) is 36.8 Å². The van der Waals surface area contributed by atoms with Crippen LogP contribution in [0.2, 0.25) is 0 Å². The number of nitrogens with one attached hydrogen (secondary N) is 2. The molecule has 3 aromatic rings. The Balaban J connectivity index is 0.863. The summed E-state index contributed by atoms with van der Waals surface area (Å²) in [7, 11) is 0. The summed E-state index contributed by atoms with van der Waals surface area (Å²) < 4.78 is 39.1. The highest BCUT2D eigenvalue weighted by atomic mass is 32.2. The number of rotatable bonds is 33. The van der Waals surface area contributed by atoms with Crippen molar-refractivity contribution in [2.75, 3.05) is 86.8 Å². The molecule has 510 valence electrons. The van der Waals surface area contributed by atoms with Crippen LogP contribution in [0.3, 0.4) is 0 Å². The third kappa shape index (κ3) is 19.5. The average Bonchev–Trinajstić information content (AvgIpc) is 1.85. The number of unbranched alkanes of at least 4 members (excludes halogenated alkanes) is 3. The van der Waals surface area contributed by atoms with Crippen molar-refractivity contribution in [1.29, 1.82) is 0 Å². The molecule has 1 saturated carbocycles. The van der Waals surface area contributed by atoms with Crippen LogP contribution in [-0.4, -0.2) is 291 Å². The minimum absolute atomic E-state index is 0.0184. The predicted octanol–water partition coefficient (Wildman–Crippen LogP) is -10.2. The molecule has 4 fully saturated rings. The SMILES string of the molecule is NC[C@@H]1O[C@H](O[C@H]2[C@@H](O)[C@H](O[C@@H]3[C@@H](O)[C@H](N)C[C@H](N)[C@H]3O[C@H]3O[C@H](CN)[C@@H](O)[C@H](O)[C@H]3N)O[C@@H]2CSCCCCCCSCC(=O)NCCN(CC(=O)NCCN(CC(N)=O)C(=O)Cn2ccc(N)nc2=O)C(=O)Cn2cnc3c(N)ncnc32)[C@H](N)[C@@H](O)[C@@H]1O. The molecular formula is C52H87N19O18S2. The lowest BCUT2D eigenvalue weighted by molar-refractivity contribution is -0.306. The minimum Gasteiger partial charge on any atom is -0.389 e. The van der Waals surface area contributed by atoms with Gasteiger partial charge in [0, 0.05) is 63.3 Å². The Bertz CT molecular complexity index is 2930. The molecule has 0 bridgehead atoms. The number of anilines is 2. The first-order valence-corrected chi connectivity index (χ1v) is 31.9. The van der Waals surface area contributed by atoms with Gasteiger partial charge in [-0.3, -0.25) is 28.5 Å².